The maximum absolute atomic E-state index is 12.7. The number of morpholine rings is 1. The number of nitrogens with one attached hydrogen (secondary N) is 1. The van der Waals surface area contributed by atoms with Crippen molar-refractivity contribution in [2.75, 3.05) is 32.0 Å². The van der Waals surface area contributed by atoms with Crippen LogP contribution in [0.15, 0.2) is 42.5 Å². The number of rotatable bonds is 6. The van der Waals surface area contributed by atoms with Gasteiger partial charge in [0.05, 0.1) is 28.8 Å². The molecule has 0 bridgehead atoms. The molecule has 0 spiro atoms. The van der Waals surface area contributed by atoms with Crippen molar-refractivity contribution in [3.05, 3.63) is 63.6 Å². The number of carbonyl (C=O) groups excluding carboxylic acids is 2. The Bertz CT molecular complexity index is 926. The maximum atomic E-state index is 12.7. The number of anilines is 1. The molecule has 1 N–H and O–H groups in total. The normalized spacial score (nSPS) is 19.1. The van der Waals surface area contributed by atoms with Gasteiger partial charge in [0, 0.05) is 37.9 Å². The summed E-state index contributed by atoms with van der Waals surface area (Å²) in [5.74, 6) is -0.536. The molecule has 8 heteroatoms. The lowest BCUT2D eigenvalue weighted by Crippen LogP contribution is -2.44. The zero-order chi connectivity index (χ0) is 22.5. The molecule has 2 aromatic rings. The third-order valence-electron chi connectivity index (χ3n) is 5.03. The summed E-state index contributed by atoms with van der Waals surface area (Å²) in [6.07, 6.45) is 0.432. The lowest BCUT2D eigenvalue weighted by Gasteiger charge is -2.35. The molecule has 1 heterocycles. The van der Waals surface area contributed by atoms with Crippen molar-refractivity contribution in [1.82, 2.24) is 9.80 Å². The fourth-order valence-corrected chi connectivity index (χ4v) is 4.00. The van der Waals surface area contributed by atoms with E-state index in [-0.39, 0.29) is 30.6 Å². The summed E-state index contributed by atoms with van der Waals surface area (Å²) in [4.78, 5) is 28.7. The summed E-state index contributed by atoms with van der Waals surface area (Å²) < 4.78 is 5.77. The molecule has 0 saturated carbocycles. The maximum Gasteiger partial charge on any atom is 0.254 e. The minimum atomic E-state index is -0.318. The summed E-state index contributed by atoms with van der Waals surface area (Å²) in [5, 5.41) is 3.48. The molecule has 1 saturated heterocycles. The van der Waals surface area contributed by atoms with Gasteiger partial charge in [-0.25, -0.2) is 0 Å². The Kier molecular flexibility index (Phi) is 7.94. The van der Waals surface area contributed by atoms with Gasteiger partial charge in [0.2, 0.25) is 5.91 Å². The highest BCUT2D eigenvalue weighted by atomic mass is 35.5. The molecule has 2 atom stereocenters. The van der Waals surface area contributed by atoms with Gasteiger partial charge in [0.25, 0.3) is 5.91 Å². The van der Waals surface area contributed by atoms with Crippen LogP contribution in [0.4, 0.5) is 5.69 Å². The van der Waals surface area contributed by atoms with E-state index in [2.05, 4.69) is 24.1 Å². The molecule has 6 nitrogen and oxygen atoms in total. The van der Waals surface area contributed by atoms with Crippen LogP contribution in [-0.2, 0) is 16.1 Å². The molecule has 2 unspecified atom stereocenters. The third kappa shape index (κ3) is 6.68. The summed E-state index contributed by atoms with van der Waals surface area (Å²) in [5.41, 5.74) is 2.20. The first-order valence-electron chi connectivity index (χ1n) is 10.2. The van der Waals surface area contributed by atoms with Crippen molar-refractivity contribution in [2.45, 2.75) is 32.6 Å². The van der Waals surface area contributed by atoms with E-state index < -0.39 is 0 Å². The first kappa shape index (κ1) is 23.5. The van der Waals surface area contributed by atoms with Gasteiger partial charge in [-0.15, -0.1) is 0 Å². The van der Waals surface area contributed by atoms with Crippen LogP contribution in [0.25, 0.3) is 0 Å². The molecule has 3 rings (SSSR count). The van der Waals surface area contributed by atoms with E-state index in [1.54, 1.807) is 37.4 Å². The van der Waals surface area contributed by atoms with Crippen LogP contribution in [0.1, 0.15) is 29.8 Å². The zero-order valence-corrected chi connectivity index (χ0v) is 19.4. The second-order valence-corrected chi connectivity index (χ2v) is 8.80. The summed E-state index contributed by atoms with van der Waals surface area (Å²) in [6.45, 7) is 6.68. The van der Waals surface area contributed by atoms with Crippen LogP contribution in [0.2, 0.25) is 10.0 Å². The molecular formula is C23H27Cl2N3O3. The molecule has 0 aromatic heterocycles. The van der Waals surface area contributed by atoms with E-state index >= 15 is 0 Å². The molecule has 166 valence electrons. The second-order valence-electron chi connectivity index (χ2n) is 7.99. The Morgan fingerprint density at radius 1 is 1.06 bits per heavy atom. The van der Waals surface area contributed by atoms with Crippen LogP contribution in [0, 0.1) is 0 Å². The van der Waals surface area contributed by atoms with Crippen molar-refractivity contribution >= 4 is 40.7 Å². The Labute approximate surface area is 193 Å². The number of nitrogens with zero attached hydrogens (tertiary/aromatic N) is 2. The van der Waals surface area contributed by atoms with E-state index in [4.69, 9.17) is 27.9 Å². The number of likely N-dealkylation sites (N-methyl/N-ethyl adjacent to an activating group) is 1. The molecule has 0 radical (unpaired) electrons. The fraction of sp³-hybridized carbons (Fsp3) is 0.391. The number of halogens is 2. The van der Waals surface area contributed by atoms with Gasteiger partial charge < -0.3 is 15.0 Å². The topological polar surface area (TPSA) is 61.9 Å². The average Bonchev–Trinajstić information content (AvgIpc) is 2.70. The molecular weight excluding hydrogens is 437 g/mol. The van der Waals surface area contributed by atoms with Crippen molar-refractivity contribution in [1.29, 1.82) is 0 Å². The quantitative estimate of drug-likeness (QED) is 0.692. The first-order chi connectivity index (χ1) is 14.7. The highest BCUT2D eigenvalue weighted by Crippen LogP contribution is 2.25. The number of carbonyl (C=O) groups is 2. The van der Waals surface area contributed by atoms with E-state index in [0.717, 1.165) is 25.2 Å². The van der Waals surface area contributed by atoms with Gasteiger partial charge in [-0.3, -0.25) is 14.5 Å². The lowest BCUT2D eigenvalue weighted by atomic mass is 10.1. The average molecular weight is 464 g/mol. The second kappa shape index (κ2) is 10.5. The van der Waals surface area contributed by atoms with Crippen LogP contribution in [0.3, 0.4) is 0 Å². The molecule has 2 amide bonds. The monoisotopic (exact) mass is 463 g/mol. The summed E-state index contributed by atoms with van der Waals surface area (Å²) >= 11 is 11.8. The van der Waals surface area contributed by atoms with Crippen molar-refractivity contribution < 1.29 is 14.3 Å². The fourth-order valence-electron chi connectivity index (χ4n) is 3.71. The standard InChI is InChI=1S/C23H27Cl2N3O3/c1-15-11-28(12-16(2)31-15)13-17-4-6-18(7-5-17)23(30)27(3)14-22(29)26-19-8-9-20(24)21(25)10-19/h4-10,15-16H,11-14H2,1-3H3,(H,26,29). The van der Waals surface area contributed by atoms with E-state index in [1.807, 2.05) is 12.1 Å². The zero-order valence-electron chi connectivity index (χ0n) is 17.9. The van der Waals surface area contributed by atoms with E-state index in [0.29, 0.717) is 21.3 Å². The number of ether oxygens (including phenoxy) is 1. The van der Waals surface area contributed by atoms with Gasteiger partial charge in [-0.1, -0.05) is 35.3 Å². The van der Waals surface area contributed by atoms with E-state index in [1.165, 1.54) is 4.90 Å². The Morgan fingerprint density at radius 2 is 1.71 bits per heavy atom. The van der Waals surface area contributed by atoms with Crippen LogP contribution in [-0.4, -0.2) is 60.5 Å². The van der Waals surface area contributed by atoms with Gasteiger partial charge >= 0.3 is 0 Å². The number of benzene rings is 2. The summed E-state index contributed by atoms with van der Waals surface area (Å²) in [6, 6.07) is 12.4. The Balaban J connectivity index is 1.54. The minimum absolute atomic E-state index is 0.0790. The van der Waals surface area contributed by atoms with Gasteiger partial charge in [-0.2, -0.15) is 0 Å². The smallest absolute Gasteiger partial charge is 0.254 e. The number of amides is 2. The van der Waals surface area contributed by atoms with Crippen molar-refractivity contribution in [2.24, 2.45) is 0 Å². The largest absolute Gasteiger partial charge is 0.373 e. The van der Waals surface area contributed by atoms with E-state index in [9.17, 15) is 9.59 Å². The Hall–Kier alpha value is -2.12. The van der Waals surface area contributed by atoms with Crippen molar-refractivity contribution in [3.63, 3.8) is 0 Å². The van der Waals surface area contributed by atoms with Crippen LogP contribution in [0.5, 0.6) is 0 Å². The molecule has 31 heavy (non-hydrogen) atoms. The molecule has 2 aromatic carbocycles. The lowest BCUT2D eigenvalue weighted by molar-refractivity contribution is -0.116. The molecule has 1 aliphatic rings. The molecule has 0 aliphatic carbocycles. The molecule has 1 fully saturated rings. The van der Waals surface area contributed by atoms with Gasteiger partial charge in [0.1, 0.15) is 0 Å². The van der Waals surface area contributed by atoms with Crippen molar-refractivity contribution in [3.8, 4) is 0 Å². The predicted molar refractivity (Wildman–Crippen MR) is 124 cm³/mol. The number of hydrogen-bond acceptors (Lipinski definition) is 4. The Morgan fingerprint density at radius 3 is 2.32 bits per heavy atom. The summed E-state index contributed by atoms with van der Waals surface area (Å²) in [7, 11) is 1.60. The predicted octanol–water partition coefficient (Wildman–Crippen LogP) is 4.31. The highest BCUT2D eigenvalue weighted by molar-refractivity contribution is 6.42. The third-order valence-corrected chi connectivity index (χ3v) is 5.77. The van der Waals surface area contributed by atoms with Crippen LogP contribution >= 0.6 is 23.2 Å². The van der Waals surface area contributed by atoms with Gasteiger partial charge in [-0.05, 0) is 49.7 Å². The SMILES string of the molecule is CC1CN(Cc2ccc(C(=O)N(C)CC(=O)Nc3ccc(Cl)c(Cl)c3)cc2)CC(C)O1. The van der Waals surface area contributed by atoms with Gasteiger partial charge in [0.15, 0.2) is 0 Å². The highest BCUT2D eigenvalue weighted by Gasteiger charge is 2.22. The first-order valence-corrected chi connectivity index (χ1v) is 10.9. The minimum Gasteiger partial charge on any atom is -0.373 e. The number of hydrogen-bond donors (Lipinski definition) is 1. The molecule has 1 aliphatic heterocycles. The van der Waals surface area contributed by atoms with Crippen LogP contribution < -0.4 is 5.32 Å².